The van der Waals surface area contributed by atoms with Crippen LogP contribution < -0.4 is 5.32 Å². The van der Waals surface area contributed by atoms with Crippen molar-refractivity contribution in [2.45, 2.75) is 12.0 Å². The Bertz CT molecular complexity index is 605. The van der Waals surface area contributed by atoms with Crippen LogP contribution in [0.1, 0.15) is 16.8 Å². The van der Waals surface area contributed by atoms with Crippen LogP contribution in [0.2, 0.25) is 0 Å². The molecule has 1 saturated heterocycles. The first-order valence-electron chi connectivity index (χ1n) is 6.58. The number of nitrogens with zero attached hydrogens (tertiary/aromatic N) is 4. The first-order chi connectivity index (χ1) is 10.2. The van der Waals surface area contributed by atoms with Crippen LogP contribution in [0.25, 0.3) is 5.69 Å². The summed E-state index contributed by atoms with van der Waals surface area (Å²) in [6.45, 7) is 0.957. The summed E-state index contributed by atoms with van der Waals surface area (Å²) >= 11 is 0. The number of tetrazole rings is 1. The zero-order valence-electron chi connectivity index (χ0n) is 11.3. The highest BCUT2D eigenvalue weighted by Crippen LogP contribution is 2.17. The quantitative estimate of drug-likeness (QED) is 0.790. The van der Waals surface area contributed by atoms with Gasteiger partial charge in [-0.05, 0) is 34.7 Å². The smallest absolute Gasteiger partial charge is 0.251 e. The average molecular weight is 289 g/mol. The standard InChI is InChI=1S/C13H15N5O3/c19-12(14-7-13(20)5-6-21-8-13)10-1-3-11(4-2-10)18-9-15-16-17-18/h1-4,9,20H,5-8H2,(H,14,19). The Morgan fingerprint density at radius 1 is 1.43 bits per heavy atom. The maximum atomic E-state index is 12.0. The third-order valence-corrected chi connectivity index (χ3v) is 3.40. The van der Waals surface area contributed by atoms with Gasteiger partial charge < -0.3 is 15.2 Å². The summed E-state index contributed by atoms with van der Waals surface area (Å²) in [4.78, 5) is 12.0. The Labute approximate surface area is 120 Å². The van der Waals surface area contributed by atoms with Crippen LogP contribution in [-0.2, 0) is 4.74 Å². The van der Waals surface area contributed by atoms with E-state index in [9.17, 15) is 9.90 Å². The fourth-order valence-corrected chi connectivity index (χ4v) is 2.13. The summed E-state index contributed by atoms with van der Waals surface area (Å²) < 4.78 is 6.63. The molecule has 3 rings (SSSR count). The molecule has 0 aliphatic carbocycles. The maximum Gasteiger partial charge on any atom is 0.251 e. The molecule has 1 aromatic carbocycles. The molecule has 8 nitrogen and oxygen atoms in total. The SMILES string of the molecule is O=C(NCC1(O)CCOC1)c1ccc(-n2cnnn2)cc1. The molecule has 1 unspecified atom stereocenters. The second-order valence-corrected chi connectivity index (χ2v) is 5.01. The van der Waals surface area contributed by atoms with Crippen LogP contribution in [0, 0.1) is 0 Å². The Morgan fingerprint density at radius 3 is 2.86 bits per heavy atom. The van der Waals surface area contributed by atoms with Crippen LogP contribution >= 0.6 is 0 Å². The van der Waals surface area contributed by atoms with Crippen molar-refractivity contribution in [3.05, 3.63) is 36.2 Å². The van der Waals surface area contributed by atoms with Crippen molar-refractivity contribution < 1.29 is 14.6 Å². The molecule has 1 aliphatic heterocycles. The first-order valence-corrected chi connectivity index (χ1v) is 6.58. The average Bonchev–Trinajstić information content (AvgIpc) is 3.17. The molecule has 2 N–H and O–H groups in total. The molecule has 8 heteroatoms. The van der Waals surface area contributed by atoms with Gasteiger partial charge >= 0.3 is 0 Å². The molecule has 0 bridgehead atoms. The summed E-state index contributed by atoms with van der Waals surface area (Å²) in [5.41, 5.74) is 0.316. The van der Waals surface area contributed by atoms with Gasteiger partial charge in [0.1, 0.15) is 11.9 Å². The Hall–Kier alpha value is -2.32. The second-order valence-electron chi connectivity index (χ2n) is 5.01. The number of carbonyl (C=O) groups excluding carboxylic acids is 1. The van der Waals surface area contributed by atoms with Crippen molar-refractivity contribution in [2.75, 3.05) is 19.8 Å². The lowest BCUT2D eigenvalue weighted by Crippen LogP contribution is -2.43. The third kappa shape index (κ3) is 3.06. The highest BCUT2D eigenvalue weighted by Gasteiger charge is 2.32. The molecule has 1 amide bonds. The molecule has 1 fully saturated rings. The molecule has 0 radical (unpaired) electrons. The summed E-state index contributed by atoms with van der Waals surface area (Å²) in [5, 5.41) is 23.7. The van der Waals surface area contributed by atoms with Crippen LogP contribution in [0.3, 0.4) is 0 Å². The van der Waals surface area contributed by atoms with E-state index in [-0.39, 0.29) is 19.1 Å². The predicted octanol–water partition coefficient (Wildman–Crippen LogP) is -0.457. The van der Waals surface area contributed by atoms with Crippen molar-refractivity contribution in [1.29, 1.82) is 0 Å². The number of hydrogen-bond acceptors (Lipinski definition) is 6. The van der Waals surface area contributed by atoms with Crippen LogP contribution in [0.15, 0.2) is 30.6 Å². The fraction of sp³-hybridized carbons (Fsp3) is 0.385. The number of aromatic nitrogens is 4. The number of aliphatic hydroxyl groups is 1. The summed E-state index contributed by atoms with van der Waals surface area (Å²) in [7, 11) is 0. The number of ether oxygens (including phenoxy) is 1. The van der Waals surface area contributed by atoms with Gasteiger partial charge in [0.05, 0.1) is 12.3 Å². The van der Waals surface area contributed by atoms with Crippen LogP contribution in [0.4, 0.5) is 0 Å². The lowest BCUT2D eigenvalue weighted by Gasteiger charge is -2.20. The minimum absolute atomic E-state index is 0.181. The van der Waals surface area contributed by atoms with Gasteiger partial charge in [-0.1, -0.05) is 0 Å². The molecule has 0 spiro atoms. The van der Waals surface area contributed by atoms with E-state index in [1.54, 1.807) is 24.3 Å². The number of carbonyl (C=O) groups is 1. The van der Waals surface area contributed by atoms with E-state index >= 15 is 0 Å². The Morgan fingerprint density at radius 2 is 2.24 bits per heavy atom. The largest absolute Gasteiger partial charge is 0.386 e. The Balaban J connectivity index is 1.62. The van der Waals surface area contributed by atoms with Crippen molar-refractivity contribution in [3.63, 3.8) is 0 Å². The summed E-state index contributed by atoms with van der Waals surface area (Å²) in [5.74, 6) is -0.237. The van der Waals surface area contributed by atoms with E-state index in [1.807, 2.05) is 0 Å². The number of amides is 1. The molecule has 2 aromatic rings. The molecule has 1 aromatic heterocycles. The monoisotopic (exact) mass is 289 g/mol. The molecule has 1 aliphatic rings. The van der Waals surface area contributed by atoms with Gasteiger partial charge in [0.2, 0.25) is 0 Å². The first kappa shape index (κ1) is 13.7. The molecular formula is C13H15N5O3. The van der Waals surface area contributed by atoms with Crippen LogP contribution in [0.5, 0.6) is 0 Å². The third-order valence-electron chi connectivity index (χ3n) is 3.40. The second kappa shape index (κ2) is 5.58. The summed E-state index contributed by atoms with van der Waals surface area (Å²) in [6, 6.07) is 6.86. The van der Waals surface area contributed by atoms with Gasteiger partial charge in [-0.15, -0.1) is 5.10 Å². The highest BCUT2D eigenvalue weighted by molar-refractivity contribution is 5.94. The number of benzene rings is 1. The molecule has 0 saturated carbocycles. The van der Waals surface area contributed by atoms with E-state index < -0.39 is 5.60 Å². The normalized spacial score (nSPS) is 21.4. The maximum absolute atomic E-state index is 12.0. The lowest BCUT2D eigenvalue weighted by molar-refractivity contribution is 0.0264. The number of nitrogens with one attached hydrogen (secondary N) is 1. The Kier molecular flexibility index (Phi) is 3.63. The molecular weight excluding hydrogens is 274 g/mol. The molecule has 1 atom stereocenters. The fourth-order valence-electron chi connectivity index (χ4n) is 2.13. The van der Waals surface area contributed by atoms with Crippen molar-refractivity contribution in [1.82, 2.24) is 25.5 Å². The van der Waals surface area contributed by atoms with E-state index in [2.05, 4.69) is 20.8 Å². The van der Waals surface area contributed by atoms with E-state index in [0.717, 1.165) is 5.69 Å². The minimum Gasteiger partial charge on any atom is -0.386 e. The molecule has 2 heterocycles. The van der Waals surface area contributed by atoms with E-state index in [0.29, 0.717) is 18.6 Å². The van der Waals surface area contributed by atoms with Gasteiger partial charge in [0, 0.05) is 25.1 Å². The topological polar surface area (TPSA) is 102 Å². The van der Waals surface area contributed by atoms with Crippen molar-refractivity contribution >= 4 is 5.91 Å². The van der Waals surface area contributed by atoms with E-state index in [4.69, 9.17) is 4.74 Å². The van der Waals surface area contributed by atoms with E-state index in [1.165, 1.54) is 11.0 Å². The molecule has 21 heavy (non-hydrogen) atoms. The van der Waals surface area contributed by atoms with Crippen LogP contribution in [-0.4, -0.2) is 56.6 Å². The molecule has 110 valence electrons. The summed E-state index contributed by atoms with van der Waals surface area (Å²) in [6.07, 6.45) is 2.01. The highest BCUT2D eigenvalue weighted by atomic mass is 16.5. The van der Waals surface area contributed by atoms with Gasteiger partial charge in [-0.3, -0.25) is 4.79 Å². The predicted molar refractivity (Wildman–Crippen MR) is 71.9 cm³/mol. The number of rotatable bonds is 4. The van der Waals surface area contributed by atoms with Crippen molar-refractivity contribution in [3.8, 4) is 5.69 Å². The minimum atomic E-state index is -0.956. The zero-order chi connectivity index (χ0) is 14.7. The zero-order valence-corrected chi connectivity index (χ0v) is 11.3. The van der Waals surface area contributed by atoms with Gasteiger partial charge in [-0.2, -0.15) is 0 Å². The lowest BCUT2D eigenvalue weighted by atomic mass is 10.0. The number of hydrogen-bond donors (Lipinski definition) is 2. The van der Waals surface area contributed by atoms with Gasteiger partial charge in [-0.25, -0.2) is 4.68 Å². The van der Waals surface area contributed by atoms with Gasteiger partial charge in [0.25, 0.3) is 5.91 Å². The van der Waals surface area contributed by atoms with Crippen molar-refractivity contribution in [2.24, 2.45) is 0 Å². The van der Waals surface area contributed by atoms with Gasteiger partial charge in [0.15, 0.2) is 0 Å².